The number of hydrogen-bond acceptors (Lipinski definition) is 3. The molecule has 0 spiro atoms. The first kappa shape index (κ1) is 14.2. The fourth-order valence-corrected chi connectivity index (χ4v) is 2.25. The number of piperazine rings is 1. The summed E-state index contributed by atoms with van der Waals surface area (Å²) in [5.41, 5.74) is 1.26. The quantitative estimate of drug-likeness (QED) is 0.760. The summed E-state index contributed by atoms with van der Waals surface area (Å²) in [5.74, 6) is 0.828. The van der Waals surface area contributed by atoms with Gasteiger partial charge in [-0.15, -0.1) is 0 Å². The zero-order valence-corrected chi connectivity index (χ0v) is 11.5. The van der Waals surface area contributed by atoms with E-state index in [0.717, 1.165) is 39.0 Å². The molecule has 1 atom stereocenters. The molecule has 0 bridgehead atoms. The van der Waals surface area contributed by atoms with Gasteiger partial charge in [0.05, 0.1) is 0 Å². The third-order valence-electron chi connectivity index (χ3n) is 2.96. The van der Waals surface area contributed by atoms with E-state index in [0.29, 0.717) is 11.7 Å². The Bertz CT molecular complexity index is 267. The molecular formula is C14H26N2O. The third kappa shape index (κ3) is 4.90. The first-order chi connectivity index (χ1) is 8.17. The van der Waals surface area contributed by atoms with Gasteiger partial charge < -0.3 is 10.2 Å². The molecule has 1 aliphatic carbocycles. The Morgan fingerprint density at radius 3 is 2.41 bits per heavy atom. The molecule has 17 heavy (non-hydrogen) atoms. The number of nitrogens with one attached hydrogen (secondary N) is 1. The molecule has 2 rings (SSSR count). The molecule has 1 heterocycles. The molecule has 2 aliphatic rings. The highest BCUT2D eigenvalue weighted by atomic mass is 16.1. The van der Waals surface area contributed by atoms with E-state index in [9.17, 15) is 4.79 Å². The molecule has 1 N–H and O–H groups in total. The molecule has 3 heteroatoms. The number of carbonyl (C=O) groups is 1. The predicted octanol–water partition coefficient (Wildman–Crippen LogP) is 2.19. The third-order valence-corrected chi connectivity index (χ3v) is 2.96. The van der Waals surface area contributed by atoms with E-state index in [1.54, 1.807) is 0 Å². The number of rotatable bonds is 1. The zero-order chi connectivity index (χ0) is 12.7. The van der Waals surface area contributed by atoms with Gasteiger partial charge in [-0.2, -0.15) is 0 Å². The summed E-state index contributed by atoms with van der Waals surface area (Å²) in [6, 6.07) is 0. The van der Waals surface area contributed by atoms with Crippen molar-refractivity contribution < 1.29 is 4.79 Å². The lowest BCUT2D eigenvalue weighted by molar-refractivity contribution is -0.116. The molecule has 0 aromatic heterocycles. The van der Waals surface area contributed by atoms with Crippen LogP contribution in [0.2, 0.25) is 0 Å². The highest BCUT2D eigenvalue weighted by Crippen LogP contribution is 2.24. The maximum Gasteiger partial charge on any atom is 0.157 e. The van der Waals surface area contributed by atoms with Gasteiger partial charge in [0.2, 0.25) is 0 Å². The molecule has 3 nitrogen and oxygen atoms in total. The van der Waals surface area contributed by atoms with E-state index >= 15 is 0 Å². The van der Waals surface area contributed by atoms with Gasteiger partial charge in [0.1, 0.15) is 0 Å². The van der Waals surface area contributed by atoms with Crippen LogP contribution in [0.4, 0.5) is 0 Å². The van der Waals surface area contributed by atoms with Gasteiger partial charge in [0, 0.05) is 44.4 Å². The largest absolute Gasteiger partial charge is 0.372 e. The van der Waals surface area contributed by atoms with Crippen molar-refractivity contribution in [3.05, 3.63) is 11.8 Å². The van der Waals surface area contributed by atoms with Crippen LogP contribution in [0.1, 0.15) is 40.0 Å². The average Bonchev–Trinajstić information content (AvgIpc) is 2.30. The fourth-order valence-electron chi connectivity index (χ4n) is 2.25. The molecule has 0 radical (unpaired) electrons. The molecular weight excluding hydrogens is 212 g/mol. The molecule has 0 aromatic carbocycles. The first-order valence-corrected chi connectivity index (χ1v) is 6.86. The van der Waals surface area contributed by atoms with E-state index in [1.807, 2.05) is 6.08 Å². The second-order valence-corrected chi connectivity index (χ2v) is 5.06. The van der Waals surface area contributed by atoms with Crippen molar-refractivity contribution in [1.29, 1.82) is 0 Å². The van der Waals surface area contributed by atoms with Gasteiger partial charge in [-0.05, 0) is 12.3 Å². The van der Waals surface area contributed by atoms with Gasteiger partial charge in [0.15, 0.2) is 5.78 Å². The monoisotopic (exact) mass is 238 g/mol. The van der Waals surface area contributed by atoms with Crippen LogP contribution in [-0.2, 0) is 4.79 Å². The molecule has 1 aliphatic heterocycles. The Hall–Kier alpha value is -0.830. The van der Waals surface area contributed by atoms with E-state index in [1.165, 1.54) is 12.1 Å². The highest BCUT2D eigenvalue weighted by molar-refractivity contribution is 5.91. The number of carbonyl (C=O) groups excluding carboxylic acids is 1. The van der Waals surface area contributed by atoms with Gasteiger partial charge in [-0.25, -0.2) is 0 Å². The minimum atomic E-state index is 0.303. The Balaban J connectivity index is 0.000000437. The first-order valence-electron chi connectivity index (χ1n) is 6.86. The molecule has 1 unspecified atom stereocenters. The van der Waals surface area contributed by atoms with Crippen molar-refractivity contribution >= 4 is 5.78 Å². The van der Waals surface area contributed by atoms with E-state index in [-0.39, 0.29) is 0 Å². The summed E-state index contributed by atoms with van der Waals surface area (Å²) in [5, 5.41) is 3.32. The summed E-state index contributed by atoms with van der Waals surface area (Å²) in [4.78, 5) is 13.8. The Kier molecular flexibility index (Phi) is 6.27. The summed E-state index contributed by atoms with van der Waals surface area (Å²) >= 11 is 0. The lowest BCUT2D eigenvalue weighted by Crippen LogP contribution is -2.43. The van der Waals surface area contributed by atoms with E-state index in [2.05, 4.69) is 31.0 Å². The van der Waals surface area contributed by atoms with Crippen molar-refractivity contribution in [3.63, 3.8) is 0 Å². The molecule has 0 saturated carbocycles. The van der Waals surface area contributed by atoms with Crippen molar-refractivity contribution in [2.24, 2.45) is 5.92 Å². The average molecular weight is 238 g/mol. The SMILES string of the molecule is CC1CC(=O)C=C(N2CCNCC2)C1.CCC. The van der Waals surface area contributed by atoms with Crippen molar-refractivity contribution in [2.45, 2.75) is 40.0 Å². The fraction of sp³-hybridized carbons (Fsp3) is 0.786. The second-order valence-electron chi connectivity index (χ2n) is 5.06. The lowest BCUT2D eigenvalue weighted by atomic mass is 9.92. The van der Waals surface area contributed by atoms with Crippen LogP contribution in [0.25, 0.3) is 0 Å². The minimum absolute atomic E-state index is 0.303. The Labute approximate surface area is 105 Å². The summed E-state index contributed by atoms with van der Waals surface area (Å²) in [6.07, 6.45) is 4.91. The van der Waals surface area contributed by atoms with Crippen LogP contribution >= 0.6 is 0 Å². The molecule has 0 aromatic rings. The van der Waals surface area contributed by atoms with Crippen LogP contribution in [-0.4, -0.2) is 36.9 Å². The smallest absolute Gasteiger partial charge is 0.157 e. The molecule has 1 saturated heterocycles. The summed E-state index contributed by atoms with van der Waals surface area (Å²) in [7, 11) is 0. The number of hydrogen-bond donors (Lipinski definition) is 1. The minimum Gasteiger partial charge on any atom is -0.372 e. The summed E-state index contributed by atoms with van der Waals surface area (Å²) in [6.45, 7) is 10.6. The number of ketones is 1. The van der Waals surface area contributed by atoms with Gasteiger partial charge >= 0.3 is 0 Å². The normalized spacial score (nSPS) is 24.9. The molecule has 1 fully saturated rings. The van der Waals surface area contributed by atoms with Crippen molar-refractivity contribution in [3.8, 4) is 0 Å². The zero-order valence-electron chi connectivity index (χ0n) is 11.5. The summed E-state index contributed by atoms with van der Waals surface area (Å²) < 4.78 is 0. The molecule has 98 valence electrons. The predicted molar refractivity (Wildman–Crippen MR) is 71.9 cm³/mol. The Morgan fingerprint density at radius 2 is 1.88 bits per heavy atom. The Morgan fingerprint density at radius 1 is 1.29 bits per heavy atom. The van der Waals surface area contributed by atoms with Gasteiger partial charge in [-0.1, -0.05) is 27.2 Å². The van der Waals surface area contributed by atoms with Crippen LogP contribution in [0.3, 0.4) is 0 Å². The van der Waals surface area contributed by atoms with E-state index in [4.69, 9.17) is 0 Å². The highest BCUT2D eigenvalue weighted by Gasteiger charge is 2.21. The lowest BCUT2D eigenvalue weighted by Gasteiger charge is -2.34. The second kappa shape index (κ2) is 7.49. The van der Waals surface area contributed by atoms with Gasteiger partial charge in [0.25, 0.3) is 0 Å². The topological polar surface area (TPSA) is 32.3 Å². The van der Waals surface area contributed by atoms with Crippen molar-refractivity contribution in [2.75, 3.05) is 26.2 Å². The van der Waals surface area contributed by atoms with Crippen LogP contribution in [0, 0.1) is 5.92 Å². The maximum absolute atomic E-state index is 11.4. The molecule has 0 amide bonds. The van der Waals surface area contributed by atoms with Crippen LogP contribution < -0.4 is 5.32 Å². The number of nitrogens with zero attached hydrogens (tertiary/aromatic N) is 1. The standard InChI is InChI=1S/C11H18N2O.C3H8/c1-9-6-10(8-11(14)7-9)13-4-2-12-3-5-13;1-3-2/h8-9,12H,2-7H2,1H3;3H2,1-2H3. The van der Waals surface area contributed by atoms with Crippen LogP contribution in [0.5, 0.6) is 0 Å². The number of allylic oxidation sites excluding steroid dienone is 2. The van der Waals surface area contributed by atoms with E-state index < -0.39 is 0 Å². The van der Waals surface area contributed by atoms with Crippen LogP contribution in [0.15, 0.2) is 11.8 Å². The maximum atomic E-state index is 11.4. The van der Waals surface area contributed by atoms with Crippen molar-refractivity contribution in [1.82, 2.24) is 10.2 Å². The van der Waals surface area contributed by atoms with Gasteiger partial charge in [-0.3, -0.25) is 4.79 Å².